The largest absolute Gasteiger partial charge is 0.485 e. The van der Waals surface area contributed by atoms with Gasteiger partial charge in [-0.25, -0.2) is 4.79 Å². The van der Waals surface area contributed by atoms with Crippen molar-refractivity contribution < 1.29 is 19.6 Å². The van der Waals surface area contributed by atoms with Crippen molar-refractivity contribution in [2.24, 2.45) is 0 Å². The monoisotopic (exact) mass is 280 g/mol. The van der Waals surface area contributed by atoms with Crippen molar-refractivity contribution in [1.82, 2.24) is 4.90 Å². The summed E-state index contributed by atoms with van der Waals surface area (Å²) in [6.45, 7) is 1.02. The lowest BCUT2D eigenvalue weighted by Crippen LogP contribution is -2.26. The minimum absolute atomic E-state index is 0.101. The number of carboxylic acids is 1. The van der Waals surface area contributed by atoms with Crippen LogP contribution in [0.5, 0.6) is 5.75 Å². The Bertz CT molecular complexity index is 527. The fourth-order valence-corrected chi connectivity index (χ4v) is 1.91. The standard InChI is InChI=1S/C13H16N2O5/c1-14(10-3-4-10)6-7-20-12-5-2-9(13(16)17)8-11(12)15(18)19/h2,5,8,10H,3-4,6-7H2,1H3,(H,16,17). The van der Waals surface area contributed by atoms with Gasteiger partial charge in [0.2, 0.25) is 0 Å². The van der Waals surface area contributed by atoms with Gasteiger partial charge < -0.3 is 14.7 Å². The zero-order chi connectivity index (χ0) is 14.7. The van der Waals surface area contributed by atoms with Gasteiger partial charge in [-0.05, 0) is 32.0 Å². The number of benzene rings is 1. The van der Waals surface area contributed by atoms with Crippen molar-refractivity contribution >= 4 is 11.7 Å². The number of hydrogen-bond donors (Lipinski definition) is 1. The van der Waals surface area contributed by atoms with Crippen LogP contribution in [-0.4, -0.2) is 47.1 Å². The average Bonchev–Trinajstić information content (AvgIpc) is 3.22. The van der Waals surface area contributed by atoms with Crippen LogP contribution in [0.3, 0.4) is 0 Å². The number of aromatic carboxylic acids is 1. The zero-order valence-corrected chi connectivity index (χ0v) is 11.1. The summed E-state index contributed by atoms with van der Waals surface area (Å²) in [5.74, 6) is -1.10. The maximum Gasteiger partial charge on any atom is 0.335 e. The third-order valence-corrected chi connectivity index (χ3v) is 3.27. The predicted molar refractivity (Wildman–Crippen MR) is 71.2 cm³/mol. The molecular formula is C13H16N2O5. The van der Waals surface area contributed by atoms with Crippen molar-refractivity contribution in [1.29, 1.82) is 0 Å². The minimum Gasteiger partial charge on any atom is -0.485 e. The number of rotatable bonds is 7. The lowest BCUT2D eigenvalue weighted by molar-refractivity contribution is -0.385. The normalized spacial score (nSPS) is 14.3. The summed E-state index contributed by atoms with van der Waals surface area (Å²) in [4.78, 5) is 23.3. The highest BCUT2D eigenvalue weighted by Gasteiger charge is 2.26. The van der Waals surface area contributed by atoms with Crippen LogP contribution in [0, 0.1) is 10.1 Å². The number of nitrogens with zero attached hydrogens (tertiary/aromatic N) is 2. The lowest BCUT2D eigenvalue weighted by atomic mass is 10.2. The Labute approximate surface area is 115 Å². The number of likely N-dealkylation sites (N-methyl/N-ethyl adjacent to an activating group) is 1. The topological polar surface area (TPSA) is 92.9 Å². The van der Waals surface area contributed by atoms with Crippen LogP contribution in [-0.2, 0) is 0 Å². The van der Waals surface area contributed by atoms with Crippen molar-refractivity contribution in [2.45, 2.75) is 18.9 Å². The Kier molecular flexibility index (Phi) is 4.19. The Morgan fingerprint density at radius 3 is 2.80 bits per heavy atom. The number of hydrogen-bond acceptors (Lipinski definition) is 5. The summed E-state index contributed by atoms with van der Waals surface area (Å²) in [6, 6.07) is 4.25. The second kappa shape index (κ2) is 5.87. The van der Waals surface area contributed by atoms with E-state index >= 15 is 0 Å². The summed E-state index contributed by atoms with van der Waals surface area (Å²) >= 11 is 0. The third kappa shape index (κ3) is 3.45. The third-order valence-electron chi connectivity index (χ3n) is 3.27. The van der Waals surface area contributed by atoms with E-state index in [0.717, 1.165) is 6.07 Å². The molecule has 0 heterocycles. The van der Waals surface area contributed by atoms with Gasteiger partial charge in [0.25, 0.3) is 0 Å². The van der Waals surface area contributed by atoms with Crippen molar-refractivity contribution in [3.8, 4) is 5.75 Å². The van der Waals surface area contributed by atoms with E-state index in [1.165, 1.54) is 25.0 Å². The molecule has 0 radical (unpaired) electrons. The van der Waals surface area contributed by atoms with Crippen LogP contribution in [0.4, 0.5) is 5.69 Å². The summed E-state index contributed by atoms with van der Waals surface area (Å²) in [6.07, 6.45) is 2.37. The SMILES string of the molecule is CN(CCOc1ccc(C(=O)O)cc1[N+](=O)[O-])C1CC1. The van der Waals surface area contributed by atoms with Gasteiger partial charge in [-0.15, -0.1) is 0 Å². The predicted octanol–water partition coefficient (Wildman–Crippen LogP) is 1.77. The van der Waals surface area contributed by atoms with Crippen molar-refractivity contribution in [3.63, 3.8) is 0 Å². The number of nitro groups is 1. The molecule has 108 valence electrons. The molecule has 1 aliphatic carbocycles. The first-order chi connectivity index (χ1) is 9.49. The second-order valence-corrected chi connectivity index (χ2v) is 4.81. The number of carboxylic acid groups (broad SMARTS) is 1. The van der Waals surface area contributed by atoms with Gasteiger partial charge in [0.15, 0.2) is 5.75 Å². The van der Waals surface area contributed by atoms with Crippen LogP contribution in [0.15, 0.2) is 18.2 Å². The average molecular weight is 280 g/mol. The first kappa shape index (κ1) is 14.3. The Morgan fingerprint density at radius 2 is 2.25 bits per heavy atom. The van der Waals surface area contributed by atoms with E-state index in [0.29, 0.717) is 19.2 Å². The molecule has 7 heteroatoms. The molecular weight excluding hydrogens is 264 g/mol. The molecule has 0 saturated heterocycles. The van der Waals surface area contributed by atoms with Crippen LogP contribution >= 0.6 is 0 Å². The number of nitro benzene ring substituents is 1. The van der Waals surface area contributed by atoms with E-state index in [2.05, 4.69) is 4.90 Å². The fourth-order valence-electron chi connectivity index (χ4n) is 1.91. The van der Waals surface area contributed by atoms with Gasteiger partial charge in [0, 0.05) is 18.7 Å². The van der Waals surface area contributed by atoms with Gasteiger partial charge in [-0.2, -0.15) is 0 Å². The van der Waals surface area contributed by atoms with Gasteiger partial charge in [0.05, 0.1) is 10.5 Å². The molecule has 1 N–H and O–H groups in total. The molecule has 1 saturated carbocycles. The van der Waals surface area contributed by atoms with Gasteiger partial charge in [0.1, 0.15) is 6.61 Å². The maximum atomic E-state index is 10.9. The highest BCUT2D eigenvalue weighted by molar-refractivity contribution is 5.88. The first-order valence-electron chi connectivity index (χ1n) is 6.34. The molecule has 1 fully saturated rings. The van der Waals surface area contributed by atoms with E-state index in [1.807, 2.05) is 7.05 Å². The summed E-state index contributed by atoms with van der Waals surface area (Å²) < 4.78 is 5.41. The zero-order valence-electron chi connectivity index (χ0n) is 11.1. The van der Waals surface area contributed by atoms with Gasteiger partial charge in [-0.3, -0.25) is 10.1 Å². The fraction of sp³-hybridized carbons (Fsp3) is 0.462. The first-order valence-corrected chi connectivity index (χ1v) is 6.34. The lowest BCUT2D eigenvalue weighted by Gasteiger charge is -2.15. The van der Waals surface area contributed by atoms with E-state index in [4.69, 9.17) is 9.84 Å². The highest BCUT2D eigenvalue weighted by atomic mass is 16.6. The summed E-state index contributed by atoms with van der Waals surface area (Å²) in [5.41, 5.74) is -0.446. The Balaban J connectivity index is 2.02. The van der Waals surface area contributed by atoms with Crippen LogP contribution in [0.1, 0.15) is 23.2 Å². The van der Waals surface area contributed by atoms with Crippen molar-refractivity contribution in [2.75, 3.05) is 20.2 Å². The summed E-state index contributed by atoms with van der Waals surface area (Å²) in [5, 5.41) is 19.8. The van der Waals surface area contributed by atoms with E-state index in [9.17, 15) is 14.9 Å². The molecule has 1 aromatic carbocycles. The van der Waals surface area contributed by atoms with Crippen molar-refractivity contribution in [3.05, 3.63) is 33.9 Å². The Morgan fingerprint density at radius 1 is 1.55 bits per heavy atom. The molecule has 0 spiro atoms. The van der Waals surface area contributed by atoms with E-state index < -0.39 is 10.9 Å². The second-order valence-electron chi connectivity index (χ2n) is 4.81. The van der Waals surface area contributed by atoms with Crippen LogP contribution < -0.4 is 4.74 Å². The molecule has 1 aromatic rings. The molecule has 0 aromatic heterocycles. The molecule has 0 aliphatic heterocycles. The number of carbonyl (C=O) groups is 1. The molecule has 20 heavy (non-hydrogen) atoms. The molecule has 2 rings (SSSR count). The molecule has 0 unspecified atom stereocenters. The molecule has 0 atom stereocenters. The molecule has 0 amide bonds. The Hall–Kier alpha value is -2.15. The van der Waals surface area contributed by atoms with Crippen LogP contribution in [0.2, 0.25) is 0 Å². The smallest absolute Gasteiger partial charge is 0.335 e. The van der Waals surface area contributed by atoms with E-state index in [1.54, 1.807) is 0 Å². The molecule has 7 nitrogen and oxygen atoms in total. The quantitative estimate of drug-likeness (QED) is 0.604. The molecule has 0 bridgehead atoms. The van der Waals surface area contributed by atoms with E-state index in [-0.39, 0.29) is 17.0 Å². The maximum absolute atomic E-state index is 10.9. The minimum atomic E-state index is -1.20. The van der Waals surface area contributed by atoms with Gasteiger partial charge >= 0.3 is 11.7 Å². The van der Waals surface area contributed by atoms with Gasteiger partial charge in [-0.1, -0.05) is 0 Å². The summed E-state index contributed by atoms with van der Waals surface area (Å²) in [7, 11) is 1.99. The highest BCUT2D eigenvalue weighted by Crippen LogP contribution is 2.28. The number of ether oxygens (including phenoxy) is 1. The molecule has 1 aliphatic rings. The van der Waals surface area contributed by atoms with Crippen LogP contribution in [0.25, 0.3) is 0 Å².